The quantitative estimate of drug-likeness (QED) is 0.873. The Bertz CT molecular complexity index is 511. The zero-order chi connectivity index (χ0) is 14.0. The van der Waals surface area contributed by atoms with E-state index in [2.05, 4.69) is 10.6 Å². The van der Waals surface area contributed by atoms with Crippen LogP contribution in [-0.4, -0.2) is 18.4 Å². The molecule has 1 heterocycles. The van der Waals surface area contributed by atoms with Crippen LogP contribution in [0.5, 0.6) is 5.75 Å². The third-order valence-corrected chi connectivity index (χ3v) is 3.02. The van der Waals surface area contributed by atoms with Crippen LogP contribution < -0.4 is 15.4 Å². The van der Waals surface area contributed by atoms with Gasteiger partial charge in [-0.25, -0.2) is 0 Å². The first-order valence-electron chi connectivity index (χ1n) is 6.34. The highest BCUT2D eigenvalue weighted by atomic mass is 16.5. The second-order valence-corrected chi connectivity index (χ2v) is 4.98. The molecule has 1 aromatic rings. The van der Waals surface area contributed by atoms with E-state index in [0.717, 1.165) is 5.56 Å². The van der Waals surface area contributed by atoms with E-state index < -0.39 is 0 Å². The van der Waals surface area contributed by atoms with Crippen molar-refractivity contribution >= 4 is 17.5 Å². The second-order valence-electron chi connectivity index (χ2n) is 4.98. The molecule has 0 saturated carbocycles. The Morgan fingerprint density at radius 3 is 2.79 bits per heavy atom. The van der Waals surface area contributed by atoms with Gasteiger partial charge in [0.1, 0.15) is 5.75 Å². The van der Waals surface area contributed by atoms with E-state index in [1.54, 1.807) is 0 Å². The Morgan fingerprint density at radius 2 is 2.11 bits per heavy atom. The van der Waals surface area contributed by atoms with Gasteiger partial charge in [0.25, 0.3) is 5.91 Å². The maximum atomic E-state index is 11.7. The smallest absolute Gasteiger partial charge is 0.262 e. The lowest BCUT2D eigenvalue weighted by Crippen LogP contribution is -2.30. The number of carbonyl (C=O) groups is 2. The summed E-state index contributed by atoms with van der Waals surface area (Å²) in [5.41, 5.74) is 1.58. The summed E-state index contributed by atoms with van der Waals surface area (Å²) >= 11 is 0. The lowest BCUT2D eigenvalue weighted by molar-refractivity contribution is -0.124. The summed E-state index contributed by atoms with van der Waals surface area (Å²) in [5, 5.41) is 5.68. The molecule has 1 aromatic carbocycles. The number of carbonyl (C=O) groups excluding carboxylic acids is 2. The van der Waals surface area contributed by atoms with Crippen LogP contribution in [0.25, 0.3) is 0 Å². The van der Waals surface area contributed by atoms with Crippen molar-refractivity contribution in [1.82, 2.24) is 5.32 Å². The van der Waals surface area contributed by atoms with Crippen molar-refractivity contribution in [3.05, 3.63) is 23.8 Å². The molecule has 1 aliphatic heterocycles. The third kappa shape index (κ3) is 3.05. The van der Waals surface area contributed by atoms with Crippen molar-refractivity contribution in [2.75, 3.05) is 11.9 Å². The van der Waals surface area contributed by atoms with Crippen molar-refractivity contribution in [3.8, 4) is 5.75 Å². The first-order chi connectivity index (χ1) is 8.97. The summed E-state index contributed by atoms with van der Waals surface area (Å²) in [6.07, 6.45) is 0. The molecule has 102 valence electrons. The Kier molecular flexibility index (Phi) is 3.74. The van der Waals surface area contributed by atoms with Gasteiger partial charge in [-0.05, 0) is 24.6 Å². The molecule has 0 aromatic heterocycles. The number of nitrogens with one attached hydrogen (secondary N) is 2. The summed E-state index contributed by atoms with van der Waals surface area (Å²) in [7, 11) is 0. The molecule has 19 heavy (non-hydrogen) atoms. The molecule has 0 bridgehead atoms. The van der Waals surface area contributed by atoms with Crippen LogP contribution in [0.1, 0.15) is 32.4 Å². The lowest BCUT2D eigenvalue weighted by atomic mass is 10.1. The van der Waals surface area contributed by atoms with Crippen molar-refractivity contribution in [3.63, 3.8) is 0 Å². The molecule has 0 spiro atoms. The number of anilines is 1. The normalized spacial score (nSPS) is 15.3. The summed E-state index contributed by atoms with van der Waals surface area (Å²) in [4.78, 5) is 22.9. The molecule has 1 aliphatic rings. The van der Waals surface area contributed by atoms with Gasteiger partial charge in [-0.1, -0.05) is 19.9 Å². The van der Waals surface area contributed by atoms with Gasteiger partial charge in [0.2, 0.25) is 5.91 Å². The standard InChI is InChI=1S/C14H18N2O3/c1-8(2)14(18)15-9(3)10-4-5-12-11(6-10)16-13(17)7-19-12/h4-6,8-9H,7H2,1-3H3,(H,15,18)(H,16,17)/t9-/m1/s1. The van der Waals surface area contributed by atoms with Crippen LogP contribution in [0.3, 0.4) is 0 Å². The van der Waals surface area contributed by atoms with Gasteiger partial charge in [0.15, 0.2) is 6.61 Å². The van der Waals surface area contributed by atoms with E-state index >= 15 is 0 Å². The van der Waals surface area contributed by atoms with Gasteiger partial charge in [-0.3, -0.25) is 9.59 Å². The molecular formula is C14H18N2O3. The van der Waals surface area contributed by atoms with Gasteiger partial charge < -0.3 is 15.4 Å². The Balaban J connectivity index is 2.15. The number of fused-ring (bicyclic) bond motifs is 1. The average Bonchev–Trinajstić information content (AvgIpc) is 2.37. The molecular weight excluding hydrogens is 244 g/mol. The summed E-state index contributed by atoms with van der Waals surface area (Å²) in [6.45, 7) is 5.66. The molecule has 0 saturated heterocycles. The molecule has 5 nitrogen and oxygen atoms in total. The lowest BCUT2D eigenvalue weighted by Gasteiger charge is -2.21. The first kappa shape index (κ1) is 13.4. The second kappa shape index (κ2) is 5.30. The van der Waals surface area contributed by atoms with Crippen molar-refractivity contribution < 1.29 is 14.3 Å². The van der Waals surface area contributed by atoms with Gasteiger partial charge >= 0.3 is 0 Å². The number of benzene rings is 1. The molecule has 5 heteroatoms. The number of hydrogen-bond acceptors (Lipinski definition) is 3. The van der Waals surface area contributed by atoms with E-state index in [9.17, 15) is 9.59 Å². The third-order valence-electron chi connectivity index (χ3n) is 3.02. The molecule has 0 unspecified atom stereocenters. The minimum Gasteiger partial charge on any atom is -0.482 e. The fraction of sp³-hybridized carbons (Fsp3) is 0.429. The minimum absolute atomic E-state index is 0.00510. The van der Waals surface area contributed by atoms with Crippen molar-refractivity contribution in [2.24, 2.45) is 5.92 Å². The zero-order valence-corrected chi connectivity index (χ0v) is 11.3. The van der Waals surface area contributed by atoms with Gasteiger partial charge in [0.05, 0.1) is 11.7 Å². The fourth-order valence-electron chi connectivity index (χ4n) is 1.83. The monoisotopic (exact) mass is 262 g/mol. The zero-order valence-electron chi connectivity index (χ0n) is 11.3. The predicted octanol–water partition coefficient (Wildman–Crippen LogP) is 1.85. The SMILES string of the molecule is CC(C)C(=O)N[C@H](C)c1ccc2c(c1)NC(=O)CO2. The molecule has 0 fully saturated rings. The fourth-order valence-corrected chi connectivity index (χ4v) is 1.83. The van der Waals surface area contributed by atoms with Crippen LogP contribution in [-0.2, 0) is 9.59 Å². The van der Waals surface area contributed by atoms with E-state index in [-0.39, 0.29) is 30.4 Å². The van der Waals surface area contributed by atoms with Gasteiger partial charge in [0, 0.05) is 5.92 Å². The topological polar surface area (TPSA) is 67.4 Å². The largest absolute Gasteiger partial charge is 0.482 e. The highest BCUT2D eigenvalue weighted by molar-refractivity contribution is 5.95. The summed E-state index contributed by atoms with van der Waals surface area (Å²) in [5.74, 6) is 0.447. The summed E-state index contributed by atoms with van der Waals surface area (Å²) in [6, 6.07) is 5.42. The van der Waals surface area contributed by atoms with Crippen LogP contribution in [0.2, 0.25) is 0 Å². The number of hydrogen-bond donors (Lipinski definition) is 2. The summed E-state index contributed by atoms with van der Waals surface area (Å²) < 4.78 is 5.29. The molecule has 2 N–H and O–H groups in total. The maximum Gasteiger partial charge on any atom is 0.262 e. The minimum atomic E-state index is -0.163. The number of amides is 2. The van der Waals surface area contributed by atoms with E-state index in [1.165, 1.54) is 0 Å². The average molecular weight is 262 g/mol. The van der Waals surface area contributed by atoms with Crippen LogP contribution in [0.4, 0.5) is 5.69 Å². The Labute approximate surface area is 112 Å². The van der Waals surface area contributed by atoms with Crippen molar-refractivity contribution in [1.29, 1.82) is 0 Å². The van der Waals surface area contributed by atoms with Gasteiger partial charge in [-0.2, -0.15) is 0 Å². The first-order valence-corrected chi connectivity index (χ1v) is 6.34. The molecule has 2 amide bonds. The Morgan fingerprint density at radius 1 is 1.37 bits per heavy atom. The number of ether oxygens (including phenoxy) is 1. The molecule has 2 rings (SSSR count). The highest BCUT2D eigenvalue weighted by Crippen LogP contribution is 2.30. The van der Waals surface area contributed by atoms with E-state index in [1.807, 2.05) is 39.0 Å². The van der Waals surface area contributed by atoms with Crippen LogP contribution in [0, 0.1) is 5.92 Å². The Hall–Kier alpha value is -2.04. The van der Waals surface area contributed by atoms with E-state index in [0.29, 0.717) is 11.4 Å². The van der Waals surface area contributed by atoms with Crippen molar-refractivity contribution in [2.45, 2.75) is 26.8 Å². The van der Waals surface area contributed by atoms with Gasteiger partial charge in [-0.15, -0.1) is 0 Å². The maximum absolute atomic E-state index is 11.7. The molecule has 0 radical (unpaired) electrons. The predicted molar refractivity (Wildman–Crippen MR) is 72.0 cm³/mol. The molecule has 0 aliphatic carbocycles. The highest BCUT2D eigenvalue weighted by Gasteiger charge is 2.18. The van der Waals surface area contributed by atoms with Crippen LogP contribution in [0.15, 0.2) is 18.2 Å². The molecule has 1 atom stereocenters. The van der Waals surface area contributed by atoms with E-state index in [4.69, 9.17) is 4.74 Å². The number of rotatable bonds is 3. The van der Waals surface area contributed by atoms with Crippen LogP contribution >= 0.6 is 0 Å².